The minimum Gasteiger partial charge on any atom is -0.449 e. The van der Waals surface area contributed by atoms with Gasteiger partial charge in [0, 0.05) is 67.8 Å². The number of quaternary nitrogens is 1. The molecule has 10 amide bonds. The van der Waals surface area contributed by atoms with Gasteiger partial charge in [0.15, 0.2) is 29.1 Å². The summed E-state index contributed by atoms with van der Waals surface area (Å²) in [7, 11) is 6.21. The first kappa shape index (κ1) is 112. The maximum Gasteiger partial charge on any atom is 0.407 e. The molecule has 41 heteroatoms. The van der Waals surface area contributed by atoms with Gasteiger partial charge in [-0.2, -0.15) is 0 Å². The second kappa shape index (κ2) is 55.9. The number of urea groups is 1. The van der Waals surface area contributed by atoms with Gasteiger partial charge in [-0.1, -0.05) is 70.4 Å². The largest absolute Gasteiger partial charge is 0.449 e. The average Bonchev–Trinajstić information content (AvgIpc) is 1.53. The highest BCUT2D eigenvalue weighted by atomic mass is 19.1. The van der Waals surface area contributed by atoms with Crippen LogP contribution in [0.1, 0.15) is 186 Å². The molecule has 2 heterocycles. The number of carbonyl (C=O) groups is 11. The topological polar surface area (TPSA) is 493 Å². The van der Waals surface area contributed by atoms with E-state index >= 15 is 8.78 Å². The van der Waals surface area contributed by atoms with E-state index in [4.69, 9.17) is 67.3 Å². The number of unbranched alkanes of at least 4 members (excludes halogenated alkanes) is 1. The molecule has 12 N–H and O–H groups in total. The first-order chi connectivity index (χ1) is 66.8. The fourth-order valence-electron chi connectivity index (χ4n) is 20.1. The molecule has 1 aromatic heterocycles. The van der Waals surface area contributed by atoms with Crippen LogP contribution in [0.25, 0.3) is 0 Å². The van der Waals surface area contributed by atoms with Crippen LogP contribution in [0.3, 0.4) is 0 Å². The Morgan fingerprint density at radius 2 is 1.27 bits per heavy atom. The zero-order valence-electron chi connectivity index (χ0n) is 82.2. The Kier molecular flexibility index (Phi) is 44.9. The van der Waals surface area contributed by atoms with Gasteiger partial charge in [-0.05, 0) is 162 Å². The molecule has 0 radical (unpaired) electrons. The standard InChI is InChI=1S/C98H150F2N14O25/c1-9-20-86-138-82-59-72-73-58-75(99)74-57-68(115)31-34-95(74,4)97(73,100)80(116)60-96(72,5)98(82,139-86)81(117)61-106-94(126)136-62-66-27-29-67(30-28-66)107-89(121)77(24-19-36-104-92(101)124)109-91(123)87(65(2)3)110-90(122)76(108-84(119)33-42-128-46-50-132-53-55-133-51-47-129-43-38-105-93(125)137-63-71-69-21-13-10-11-14-22-70(69)71)23-17-18-35-102-85(120)64-135-79-26-16-12-15-25-78-88(79)111-112-113(78)39-44-130-48-52-134-56-54-131-49-45-127-41-32-83(118)103-37-40-114(6,7)8/h27-31,34,57,65,69-73,75-77,79-80,82,86-87,116H,9,12-26,32-33,35-56,58-64H2,1-8H3,(H10-,101,102,103,104,105,106,107,108,109,110,118,119,120,121,122,123,124,125,126)/p+1/t69-,70+,71-,72-,73-,75-,76+,77-,79?,80-,82+,86?,87-,95-,96-,97-,98+/m0/s1. The lowest BCUT2D eigenvalue weighted by atomic mass is 9.44. The van der Waals surface area contributed by atoms with Crippen LogP contribution in [-0.2, 0) is 120 Å². The van der Waals surface area contributed by atoms with Crippen LogP contribution in [0, 0.1) is 58.2 Å². The van der Waals surface area contributed by atoms with E-state index in [0.29, 0.717) is 160 Å². The van der Waals surface area contributed by atoms with Gasteiger partial charge in [0.05, 0.1) is 178 Å². The third-order valence-corrected chi connectivity index (χ3v) is 27.5. The summed E-state index contributed by atoms with van der Waals surface area (Å²) in [6.45, 7) is 14.8. The highest BCUT2D eigenvalue weighted by molar-refractivity contribution is 6.02. The Balaban J connectivity index is 0.669. The number of nitrogens with two attached hydrogens (primary N) is 1. The number of alkyl carbamates (subject to hydrolysis) is 2. The minimum absolute atomic E-state index is 0.0259. The maximum absolute atomic E-state index is 18.1. The molecule has 1 aliphatic heterocycles. The molecule has 7 aliphatic carbocycles. The van der Waals surface area contributed by atoms with Crippen molar-refractivity contribution in [3.8, 4) is 11.8 Å². The number of anilines is 1. The van der Waals surface area contributed by atoms with Gasteiger partial charge in [0.2, 0.25) is 35.4 Å². The van der Waals surface area contributed by atoms with Crippen LogP contribution in [0.15, 0.2) is 48.1 Å². The number of nitrogens with one attached hydrogen (secondary N) is 9. The Hall–Kier alpha value is -9.29. The summed E-state index contributed by atoms with van der Waals surface area (Å²) in [5, 5.41) is 45.7. The normalized spacial score (nSPS) is 25.5. The Morgan fingerprint density at radius 3 is 1.92 bits per heavy atom. The third-order valence-electron chi connectivity index (χ3n) is 27.5. The number of amides is 10. The lowest BCUT2D eigenvalue weighted by molar-refractivity contribution is -0.869. The number of aliphatic hydroxyl groups is 1. The summed E-state index contributed by atoms with van der Waals surface area (Å²) in [4.78, 5) is 147. The van der Waals surface area contributed by atoms with Crippen molar-refractivity contribution < 1.29 is 133 Å². The molecule has 1 aromatic carbocycles. The number of hydrogen-bond acceptors (Lipinski definition) is 27. The number of ketones is 2. The van der Waals surface area contributed by atoms with E-state index in [9.17, 15) is 57.8 Å². The number of hydrogen-bond donors (Lipinski definition) is 11. The minimum atomic E-state index is -2.42. The number of ether oxygens (including phenoxy) is 13. The summed E-state index contributed by atoms with van der Waals surface area (Å²) >= 11 is 0. The first-order valence-corrected chi connectivity index (χ1v) is 49.7. The average molecular weight is 1960 g/mol. The summed E-state index contributed by atoms with van der Waals surface area (Å²) in [5.41, 5.74) is 0.490. The number of fused-ring (bicyclic) bond motifs is 9. The van der Waals surface area contributed by atoms with Crippen LogP contribution in [0.2, 0.25) is 0 Å². The van der Waals surface area contributed by atoms with Crippen LogP contribution in [0.5, 0.6) is 0 Å². The zero-order chi connectivity index (χ0) is 100.0. The highest BCUT2D eigenvalue weighted by Crippen LogP contribution is 2.72. The molecule has 39 nitrogen and oxygen atoms in total. The fraction of sp³-hybridized carbons (Fsp3) is 0.745. The van der Waals surface area contributed by atoms with Crippen molar-refractivity contribution >= 4 is 70.9 Å². The van der Waals surface area contributed by atoms with Crippen molar-refractivity contribution in [2.24, 2.45) is 52.1 Å². The number of Topliss-reactive ketones (excluding diaryl/α,β-unsaturated/α-hetero) is 1. The summed E-state index contributed by atoms with van der Waals surface area (Å²) < 4.78 is 113. The number of nitrogens with zero attached hydrogens (tertiary/aromatic N) is 4. The number of benzene rings is 1. The monoisotopic (exact) mass is 1960 g/mol. The third kappa shape index (κ3) is 32.9. The molecule has 1 saturated heterocycles. The molecule has 0 spiro atoms. The van der Waals surface area contributed by atoms with Gasteiger partial charge >= 0.3 is 18.2 Å². The Labute approximate surface area is 813 Å². The van der Waals surface area contributed by atoms with Gasteiger partial charge in [-0.25, -0.2) is 27.8 Å². The van der Waals surface area contributed by atoms with Gasteiger partial charge in [-0.15, -0.1) is 16.9 Å². The van der Waals surface area contributed by atoms with Crippen LogP contribution < -0.4 is 53.6 Å². The van der Waals surface area contributed by atoms with Crippen molar-refractivity contribution in [2.45, 2.75) is 243 Å². The number of aliphatic hydroxyl groups excluding tert-OH is 1. The highest BCUT2D eigenvalue weighted by Gasteiger charge is 2.80. The van der Waals surface area contributed by atoms with Crippen molar-refractivity contribution in [1.82, 2.24) is 57.5 Å². The van der Waals surface area contributed by atoms with E-state index in [1.807, 2.05) is 11.6 Å². The van der Waals surface area contributed by atoms with E-state index in [-0.39, 0.29) is 134 Å². The first-order valence-electron chi connectivity index (χ1n) is 49.7. The summed E-state index contributed by atoms with van der Waals surface area (Å²) in [6.07, 6.45) is 6.07. The number of alkyl halides is 2. The summed E-state index contributed by atoms with van der Waals surface area (Å²) in [5.74, 6) is 1.38. The van der Waals surface area contributed by atoms with Crippen LogP contribution >= 0.6 is 0 Å². The molecule has 5 fully saturated rings. The predicted molar refractivity (Wildman–Crippen MR) is 503 cm³/mol. The molecular weight excluding hydrogens is 1810 g/mol. The van der Waals surface area contributed by atoms with Gasteiger partial charge in [-0.3, -0.25) is 38.4 Å². The molecule has 4 saturated carbocycles. The smallest absolute Gasteiger partial charge is 0.407 e. The van der Waals surface area contributed by atoms with E-state index in [0.717, 1.165) is 74.2 Å². The number of allylic oxidation sites excluding steroid dienone is 4. The lowest BCUT2D eigenvalue weighted by Crippen LogP contribution is -2.71. The molecule has 2 aromatic rings. The molecule has 776 valence electrons. The van der Waals surface area contributed by atoms with Gasteiger partial charge < -0.3 is 125 Å². The van der Waals surface area contributed by atoms with E-state index in [2.05, 4.69) is 91.1 Å². The van der Waals surface area contributed by atoms with Crippen molar-refractivity contribution in [1.29, 1.82) is 0 Å². The Bertz CT molecular complexity index is 4440. The molecule has 139 heavy (non-hydrogen) atoms. The van der Waals surface area contributed by atoms with Crippen LogP contribution in [0.4, 0.5) is 28.9 Å². The Morgan fingerprint density at radius 1 is 0.662 bits per heavy atom. The van der Waals surface area contributed by atoms with Crippen LogP contribution in [-0.4, -0.2) is 323 Å². The van der Waals surface area contributed by atoms with Crippen molar-refractivity contribution in [3.05, 3.63) is 65.0 Å². The molecule has 0 bridgehead atoms. The molecule has 8 aliphatic rings. The van der Waals surface area contributed by atoms with Gasteiger partial charge in [0.1, 0.15) is 49.3 Å². The predicted octanol–water partition coefficient (Wildman–Crippen LogP) is 5.84. The number of rotatable bonds is 62. The second-order valence-corrected chi connectivity index (χ2v) is 38.8. The fourth-order valence-corrected chi connectivity index (χ4v) is 20.1. The number of aromatic nitrogens is 3. The number of primary amides is 1. The van der Waals surface area contributed by atoms with E-state index in [1.165, 1.54) is 31.2 Å². The quantitative estimate of drug-likeness (QED) is 0.0210. The summed E-state index contributed by atoms with van der Waals surface area (Å²) in [6, 6.07) is 1.63. The van der Waals surface area contributed by atoms with Crippen molar-refractivity contribution in [3.63, 3.8) is 0 Å². The SMILES string of the molecule is CCCC1O[C@@H]2C[C@H]3[C@@H]4C[C@H](F)C5=CC(=O)C=C[C@]5(C)[C@@]4(F)[C@@H](O)C[C@]3(C)[C@]2(C(=O)CNC(=O)OCc2ccc(NC(=O)[C@H](CCCNC(N)=O)NC(=O)[C@@H](NC(=O)[C@@H](CCCCNC(=O)COC3CCCCCc4c3nnn4CCOCCOCCOCCOCCC(=O)NCC[N+](C)(C)C)NC(=O)CCOCCOCCOCCOCCNC(=O)OC[C@@H]3[C@@H]4CCC#CCC[C@@H]43)C(C)C)cc2)O1. The maximum atomic E-state index is 18.1. The lowest BCUT2D eigenvalue weighted by Gasteiger charge is -2.63. The number of halogens is 2. The molecule has 17 atom stereocenters. The number of likely N-dealkylation sites (N-methyl/N-ethyl adjacent to an activating group) is 1. The number of carbonyl (C=O) groups excluding carboxylic acids is 11. The molecule has 10 rings (SSSR count). The molecule has 2 unspecified atom stereocenters. The van der Waals surface area contributed by atoms with E-state index < -0.39 is 149 Å². The van der Waals surface area contributed by atoms with Gasteiger partial charge in [0.25, 0.3) is 0 Å². The molecular formula is C98H151F2N14O25+. The second-order valence-electron chi connectivity index (χ2n) is 38.8. The van der Waals surface area contributed by atoms with Crippen molar-refractivity contribution in [2.75, 3.05) is 185 Å². The zero-order valence-corrected chi connectivity index (χ0v) is 82.2. The van der Waals surface area contributed by atoms with E-state index in [1.54, 1.807) is 32.9 Å².